The maximum absolute atomic E-state index is 12.1. The summed E-state index contributed by atoms with van der Waals surface area (Å²) in [5.74, 6) is 2.23. The molecule has 0 amide bonds. The van der Waals surface area contributed by atoms with Crippen LogP contribution in [0.15, 0.2) is 35.4 Å². The van der Waals surface area contributed by atoms with E-state index in [9.17, 15) is 4.79 Å². The monoisotopic (exact) mass is 424 g/mol. The molecule has 0 spiro atoms. The molecule has 1 aliphatic carbocycles. The molecule has 1 aliphatic heterocycles. The summed E-state index contributed by atoms with van der Waals surface area (Å²) in [5.41, 5.74) is 2.65. The summed E-state index contributed by atoms with van der Waals surface area (Å²) in [7, 11) is 0. The molecule has 3 aromatic rings. The molecule has 7 nitrogen and oxygen atoms in total. The fourth-order valence-electron chi connectivity index (χ4n) is 4.04. The van der Waals surface area contributed by atoms with Gasteiger partial charge in [0.15, 0.2) is 11.6 Å². The second kappa shape index (κ2) is 7.87. The maximum Gasteiger partial charge on any atom is 0.250 e. The number of aromatic nitrogens is 4. The highest BCUT2D eigenvalue weighted by Crippen LogP contribution is 2.33. The van der Waals surface area contributed by atoms with E-state index in [0.29, 0.717) is 23.5 Å². The first kappa shape index (κ1) is 19.3. The molecule has 1 saturated carbocycles. The van der Waals surface area contributed by atoms with Gasteiger partial charge in [-0.1, -0.05) is 11.6 Å². The van der Waals surface area contributed by atoms with Crippen molar-refractivity contribution < 1.29 is 0 Å². The molecule has 0 atom stereocenters. The minimum Gasteiger partial charge on any atom is -0.364 e. The summed E-state index contributed by atoms with van der Waals surface area (Å²) in [4.78, 5) is 28.6. The normalized spacial score (nSPS) is 17.5. The Morgan fingerprint density at radius 3 is 2.70 bits per heavy atom. The molecule has 30 heavy (non-hydrogen) atoms. The fraction of sp³-hybridized carbons (Fsp3) is 0.455. The maximum atomic E-state index is 12.1. The Kier molecular flexibility index (Phi) is 5.06. The lowest BCUT2D eigenvalue weighted by atomic mass is 9.96. The van der Waals surface area contributed by atoms with E-state index in [0.717, 1.165) is 54.3 Å². The van der Waals surface area contributed by atoms with Crippen molar-refractivity contribution in [1.29, 1.82) is 0 Å². The van der Waals surface area contributed by atoms with Crippen molar-refractivity contribution in [2.45, 2.75) is 45.2 Å². The highest BCUT2D eigenvalue weighted by molar-refractivity contribution is 6.30. The van der Waals surface area contributed by atoms with Crippen LogP contribution in [0.3, 0.4) is 0 Å². The Morgan fingerprint density at radius 1 is 1.13 bits per heavy atom. The predicted octanol–water partition coefficient (Wildman–Crippen LogP) is 3.64. The van der Waals surface area contributed by atoms with Crippen LogP contribution in [0.4, 0.5) is 11.6 Å². The third-order valence-corrected chi connectivity index (χ3v) is 6.13. The minimum absolute atomic E-state index is 0.000869. The number of piperidine rings is 1. The van der Waals surface area contributed by atoms with Crippen molar-refractivity contribution in [3.05, 3.63) is 51.7 Å². The Hall–Kier alpha value is -2.67. The van der Waals surface area contributed by atoms with Gasteiger partial charge in [-0.15, -0.1) is 0 Å². The highest BCUT2D eigenvalue weighted by atomic mass is 35.5. The third kappa shape index (κ3) is 4.12. The van der Waals surface area contributed by atoms with Gasteiger partial charge in [-0.3, -0.25) is 9.78 Å². The molecule has 0 radical (unpaired) electrons. The molecule has 0 bridgehead atoms. The molecular formula is C22H25ClN6O. The first-order chi connectivity index (χ1) is 14.5. The van der Waals surface area contributed by atoms with Crippen molar-refractivity contribution >= 4 is 34.3 Å². The van der Waals surface area contributed by atoms with E-state index in [2.05, 4.69) is 15.2 Å². The lowest BCUT2D eigenvalue weighted by Crippen LogP contribution is -2.37. The van der Waals surface area contributed by atoms with Crippen LogP contribution < -0.4 is 15.8 Å². The number of hydrogen-bond acceptors (Lipinski definition) is 6. The van der Waals surface area contributed by atoms with Gasteiger partial charge in [-0.25, -0.2) is 9.97 Å². The van der Waals surface area contributed by atoms with Crippen LogP contribution in [0, 0.1) is 12.8 Å². The summed E-state index contributed by atoms with van der Waals surface area (Å²) in [6, 6.07) is 5.67. The summed E-state index contributed by atoms with van der Waals surface area (Å²) in [6.07, 6.45) is 7.90. The van der Waals surface area contributed by atoms with Gasteiger partial charge in [0.2, 0.25) is 0 Å². The first-order valence-electron chi connectivity index (χ1n) is 10.6. The van der Waals surface area contributed by atoms with E-state index in [4.69, 9.17) is 21.6 Å². The average molecular weight is 425 g/mol. The van der Waals surface area contributed by atoms with Gasteiger partial charge in [-0.05, 0) is 50.7 Å². The number of aryl methyl sites for hydroxylation is 1. The molecule has 1 saturated heterocycles. The molecule has 2 aliphatic rings. The summed E-state index contributed by atoms with van der Waals surface area (Å²) >= 11 is 6.06. The van der Waals surface area contributed by atoms with Crippen LogP contribution in [-0.2, 0) is 6.54 Å². The lowest BCUT2D eigenvalue weighted by molar-refractivity contribution is 0.352. The zero-order valence-corrected chi connectivity index (χ0v) is 17.8. The Labute approximate surface area is 180 Å². The van der Waals surface area contributed by atoms with E-state index < -0.39 is 0 Å². The van der Waals surface area contributed by atoms with Gasteiger partial charge < -0.3 is 14.8 Å². The Bertz CT molecular complexity index is 1130. The second-order valence-corrected chi connectivity index (χ2v) is 8.83. The third-order valence-electron chi connectivity index (χ3n) is 5.90. The van der Waals surface area contributed by atoms with Gasteiger partial charge in [0, 0.05) is 43.6 Å². The average Bonchev–Trinajstić information content (AvgIpc) is 3.55. The van der Waals surface area contributed by atoms with E-state index in [1.165, 1.54) is 18.9 Å². The molecule has 156 valence electrons. The Balaban J connectivity index is 1.35. The zero-order valence-electron chi connectivity index (χ0n) is 17.0. The number of pyridine rings is 2. The fourth-order valence-corrected chi connectivity index (χ4v) is 4.22. The number of rotatable bonds is 5. The van der Waals surface area contributed by atoms with E-state index in [1.807, 2.05) is 13.0 Å². The number of nitrogens with zero attached hydrogens (tertiary/aromatic N) is 5. The number of halogens is 1. The summed E-state index contributed by atoms with van der Waals surface area (Å²) < 4.78 is 1.73. The molecule has 2 fully saturated rings. The topological polar surface area (TPSA) is 75.9 Å². The minimum atomic E-state index is 0.000869. The van der Waals surface area contributed by atoms with Crippen molar-refractivity contribution in [2.24, 2.45) is 5.92 Å². The zero-order chi connectivity index (χ0) is 20.7. The van der Waals surface area contributed by atoms with Crippen LogP contribution in [-0.4, -0.2) is 38.7 Å². The second-order valence-electron chi connectivity index (χ2n) is 8.40. The molecule has 1 N–H and O–H groups in total. The van der Waals surface area contributed by atoms with Gasteiger partial charge in [0.1, 0.15) is 5.52 Å². The van der Waals surface area contributed by atoms with E-state index in [1.54, 1.807) is 23.0 Å². The number of anilines is 2. The highest BCUT2D eigenvalue weighted by Gasteiger charge is 2.27. The Morgan fingerprint density at radius 2 is 1.93 bits per heavy atom. The van der Waals surface area contributed by atoms with Crippen LogP contribution >= 0.6 is 11.6 Å². The molecular weight excluding hydrogens is 400 g/mol. The van der Waals surface area contributed by atoms with Crippen molar-refractivity contribution in [3.8, 4) is 0 Å². The molecule has 0 aromatic carbocycles. The van der Waals surface area contributed by atoms with Crippen molar-refractivity contribution in [3.63, 3.8) is 0 Å². The van der Waals surface area contributed by atoms with Crippen molar-refractivity contribution in [2.75, 3.05) is 23.3 Å². The standard InChI is InChI=1S/C22H25ClN6O/c1-14-10-18-19(11-24-14)27-22(21(26-18)25-17-3-4-17)28-8-6-15(7-9-28)12-29-13-16(23)2-5-20(29)30/h2,5,10-11,13,15,17H,3-4,6-9,12H2,1H3,(H,25,26). The molecule has 5 rings (SSSR count). The van der Waals surface area contributed by atoms with Crippen LogP contribution in [0.1, 0.15) is 31.4 Å². The lowest BCUT2D eigenvalue weighted by Gasteiger charge is -2.34. The number of fused-ring (bicyclic) bond motifs is 1. The van der Waals surface area contributed by atoms with Gasteiger partial charge in [0.05, 0.1) is 16.7 Å². The number of nitrogens with one attached hydrogen (secondary N) is 1. The molecule has 3 aromatic heterocycles. The largest absolute Gasteiger partial charge is 0.364 e. The smallest absolute Gasteiger partial charge is 0.250 e. The van der Waals surface area contributed by atoms with Crippen LogP contribution in [0.2, 0.25) is 5.02 Å². The van der Waals surface area contributed by atoms with Gasteiger partial charge in [-0.2, -0.15) is 0 Å². The molecule has 4 heterocycles. The van der Waals surface area contributed by atoms with Crippen LogP contribution in [0.25, 0.3) is 11.0 Å². The van der Waals surface area contributed by atoms with Crippen molar-refractivity contribution in [1.82, 2.24) is 19.5 Å². The number of hydrogen-bond donors (Lipinski definition) is 1. The van der Waals surface area contributed by atoms with E-state index in [-0.39, 0.29) is 5.56 Å². The molecule has 0 unspecified atom stereocenters. The quantitative estimate of drug-likeness (QED) is 0.673. The predicted molar refractivity (Wildman–Crippen MR) is 119 cm³/mol. The first-order valence-corrected chi connectivity index (χ1v) is 10.9. The summed E-state index contributed by atoms with van der Waals surface area (Å²) in [5, 5.41) is 4.16. The SMILES string of the molecule is Cc1cc2nc(NC3CC3)c(N3CCC(Cn4cc(Cl)ccc4=O)CC3)nc2cn1. The molecule has 8 heteroatoms. The van der Waals surface area contributed by atoms with Gasteiger partial charge >= 0.3 is 0 Å². The van der Waals surface area contributed by atoms with E-state index >= 15 is 0 Å². The van der Waals surface area contributed by atoms with Crippen LogP contribution in [0.5, 0.6) is 0 Å². The van der Waals surface area contributed by atoms with Gasteiger partial charge in [0.25, 0.3) is 5.56 Å². The summed E-state index contributed by atoms with van der Waals surface area (Å²) in [6.45, 7) is 4.45.